The van der Waals surface area contributed by atoms with Gasteiger partial charge in [0.05, 0.1) is 19.8 Å². The van der Waals surface area contributed by atoms with Crippen molar-refractivity contribution >= 4 is 6.08 Å². The number of hydrogen-bond donors (Lipinski definition) is 0. The Morgan fingerprint density at radius 2 is 1.90 bits per heavy atom. The summed E-state index contributed by atoms with van der Waals surface area (Å²) in [6.07, 6.45) is 3.91. The minimum absolute atomic E-state index is 0.0577. The number of carbonyl (C=O) groups excluding carboxylic acids is 1. The third-order valence-electron chi connectivity index (χ3n) is 3.72. The van der Waals surface area contributed by atoms with Gasteiger partial charge in [0.15, 0.2) is 23.1 Å². The number of aliphatic imine (C=N–C) groups is 1. The highest BCUT2D eigenvalue weighted by Gasteiger charge is 2.42. The van der Waals surface area contributed by atoms with Crippen molar-refractivity contribution in [1.82, 2.24) is 0 Å². The molecule has 6 heteroatoms. The summed E-state index contributed by atoms with van der Waals surface area (Å²) in [7, 11) is 2.68. The van der Waals surface area contributed by atoms with Gasteiger partial charge >= 0.3 is 0 Å². The molecule has 1 saturated carbocycles. The lowest BCUT2D eigenvalue weighted by Gasteiger charge is -2.26. The first-order chi connectivity index (χ1) is 9.59. The molecule has 0 atom stereocenters. The SMILES string of the molecule is COc1cc(F)c(F)c(C2(N=C=O)CCCC2)c1OC. The van der Waals surface area contributed by atoms with Gasteiger partial charge < -0.3 is 9.47 Å². The average Bonchev–Trinajstić information content (AvgIpc) is 2.90. The molecule has 0 aliphatic heterocycles. The molecule has 1 fully saturated rings. The van der Waals surface area contributed by atoms with Gasteiger partial charge in [-0.25, -0.2) is 13.6 Å². The lowest BCUT2D eigenvalue weighted by Crippen LogP contribution is -2.23. The molecule has 0 amide bonds. The lowest BCUT2D eigenvalue weighted by molar-refractivity contribution is 0.321. The van der Waals surface area contributed by atoms with Crippen LogP contribution < -0.4 is 9.47 Å². The van der Waals surface area contributed by atoms with Gasteiger partial charge in [-0.3, -0.25) is 0 Å². The van der Waals surface area contributed by atoms with Crippen LogP contribution in [0.15, 0.2) is 11.1 Å². The van der Waals surface area contributed by atoms with Crippen LogP contribution in [0, 0.1) is 11.6 Å². The van der Waals surface area contributed by atoms with Crippen molar-refractivity contribution < 1.29 is 23.0 Å². The zero-order valence-electron chi connectivity index (χ0n) is 11.3. The topological polar surface area (TPSA) is 47.9 Å². The van der Waals surface area contributed by atoms with Crippen LogP contribution in [0.2, 0.25) is 0 Å². The van der Waals surface area contributed by atoms with Gasteiger partial charge in [0.25, 0.3) is 0 Å². The largest absolute Gasteiger partial charge is 0.493 e. The summed E-state index contributed by atoms with van der Waals surface area (Å²) in [6, 6.07) is 0.922. The summed E-state index contributed by atoms with van der Waals surface area (Å²) in [6.45, 7) is 0. The van der Waals surface area contributed by atoms with Crippen molar-refractivity contribution in [2.45, 2.75) is 31.2 Å². The molecular weight excluding hydrogens is 268 g/mol. The molecule has 1 aromatic carbocycles. The van der Waals surface area contributed by atoms with Gasteiger partial charge in [-0.1, -0.05) is 12.8 Å². The summed E-state index contributed by atoms with van der Waals surface area (Å²) in [5, 5.41) is 0. The molecule has 0 heterocycles. The van der Waals surface area contributed by atoms with Crippen LogP contribution in [0.25, 0.3) is 0 Å². The second-order valence-corrected chi connectivity index (χ2v) is 4.72. The third-order valence-corrected chi connectivity index (χ3v) is 3.72. The number of methoxy groups -OCH3 is 2. The Morgan fingerprint density at radius 1 is 1.25 bits per heavy atom. The van der Waals surface area contributed by atoms with Gasteiger partial charge in [-0.2, -0.15) is 4.99 Å². The molecule has 0 unspecified atom stereocenters. The van der Waals surface area contributed by atoms with Crippen molar-refractivity contribution in [3.8, 4) is 11.5 Å². The number of nitrogens with zero attached hydrogens (tertiary/aromatic N) is 1. The van der Waals surface area contributed by atoms with E-state index in [9.17, 15) is 13.6 Å². The maximum absolute atomic E-state index is 14.3. The van der Waals surface area contributed by atoms with Crippen LogP contribution in [-0.2, 0) is 10.3 Å². The summed E-state index contributed by atoms with van der Waals surface area (Å²) in [5.74, 6) is -1.95. The number of rotatable bonds is 4. The van der Waals surface area contributed by atoms with Crippen molar-refractivity contribution in [1.29, 1.82) is 0 Å². The van der Waals surface area contributed by atoms with Gasteiger partial charge in [-0.15, -0.1) is 0 Å². The minimum Gasteiger partial charge on any atom is -0.493 e. The molecule has 20 heavy (non-hydrogen) atoms. The molecule has 0 aromatic heterocycles. The van der Waals surface area contributed by atoms with Gasteiger partial charge in [-0.05, 0) is 12.8 Å². The highest BCUT2D eigenvalue weighted by atomic mass is 19.2. The molecule has 0 saturated heterocycles. The van der Waals surface area contributed by atoms with E-state index in [2.05, 4.69) is 4.99 Å². The number of hydrogen-bond acceptors (Lipinski definition) is 4. The highest BCUT2D eigenvalue weighted by molar-refractivity contribution is 5.53. The van der Waals surface area contributed by atoms with E-state index in [1.54, 1.807) is 0 Å². The molecule has 2 rings (SSSR count). The van der Waals surface area contributed by atoms with E-state index in [1.807, 2.05) is 0 Å². The average molecular weight is 283 g/mol. The Kier molecular flexibility index (Phi) is 4.04. The van der Waals surface area contributed by atoms with Crippen molar-refractivity contribution in [3.63, 3.8) is 0 Å². The molecule has 108 valence electrons. The first-order valence-corrected chi connectivity index (χ1v) is 6.29. The number of benzene rings is 1. The van der Waals surface area contributed by atoms with E-state index in [0.29, 0.717) is 12.8 Å². The Bertz CT molecular complexity index is 562. The predicted octanol–water partition coefficient (Wildman–Crippen LogP) is 3.09. The molecular formula is C14H15F2NO3. The number of ether oxygens (including phenoxy) is 2. The van der Waals surface area contributed by atoms with E-state index in [0.717, 1.165) is 18.9 Å². The summed E-state index contributed by atoms with van der Waals surface area (Å²) < 4.78 is 38.2. The standard InChI is InChI=1S/C14H15F2NO3/c1-19-10-7-9(15)12(16)11(13(10)20-2)14(17-8-18)5-3-4-6-14/h7H,3-6H2,1-2H3. The van der Waals surface area contributed by atoms with E-state index in [1.165, 1.54) is 20.3 Å². The van der Waals surface area contributed by atoms with Crippen LogP contribution in [-0.4, -0.2) is 20.3 Å². The van der Waals surface area contributed by atoms with Crippen LogP contribution >= 0.6 is 0 Å². The fraction of sp³-hybridized carbons (Fsp3) is 0.500. The molecule has 0 bridgehead atoms. The molecule has 0 N–H and O–H groups in total. The number of halogens is 2. The highest BCUT2D eigenvalue weighted by Crippen LogP contribution is 2.49. The summed E-state index contributed by atoms with van der Waals surface area (Å²) in [4.78, 5) is 14.5. The smallest absolute Gasteiger partial charge is 0.235 e. The zero-order valence-corrected chi connectivity index (χ0v) is 11.3. The molecule has 0 spiro atoms. The first-order valence-electron chi connectivity index (χ1n) is 6.29. The van der Waals surface area contributed by atoms with E-state index in [-0.39, 0.29) is 17.1 Å². The van der Waals surface area contributed by atoms with Gasteiger partial charge in [0.1, 0.15) is 5.54 Å². The maximum Gasteiger partial charge on any atom is 0.235 e. The van der Waals surface area contributed by atoms with E-state index in [4.69, 9.17) is 9.47 Å². The Morgan fingerprint density at radius 3 is 2.40 bits per heavy atom. The predicted molar refractivity (Wildman–Crippen MR) is 67.7 cm³/mol. The Labute approximate surface area is 115 Å². The lowest BCUT2D eigenvalue weighted by atomic mass is 9.87. The normalized spacial score (nSPS) is 16.6. The van der Waals surface area contributed by atoms with Crippen molar-refractivity contribution in [2.75, 3.05) is 14.2 Å². The maximum atomic E-state index is 14.3. The number of isocyanates is 1. The summed E-state index contributed by atoms with van der Waals surface area (Å²) in [5.41, 5.74) is -1.18. The molecule has 1 aromatic rings. The summed E-state index contributed by atoms with van der Waals surface area (Å²) >= 11 is 0. The molecule has 4 nitrogen and oxygen atoms in total. The molecule has 1 aliphatic carbocycles. The van der Waals surface area contributed by atoms with E-state index < -0.39 is 17.2 Å². The zero-order chi connectivity index (χ0) is 14.8. The van der Waals surface area contributed by atoms with E-state index >= 15 is 0 Å². The van der Waals surface area contributed by atoms with Gasteiger partial charge in [0.2, 0.25) is 6.08 Å². The van der Waals surface area contributed by atoms with Crippen molar-refractivity contribution in [3.05, 3.63) is 23.3 Å². The third kappa shape index (κ3) is 2.16. The van der Waals surface area contributed by atoms with Gasteiger partial charge in [0, 0.05) is 6.07 Å². The Balaban J connectivity index is 2.76. The van der Waals surface area contributed by atoms with Crippen LogP contribution in [0.1, 0.15) is 31.2 Å². The van der Waals surface area contributed by atoms with Crippen LogP contribution in [0.5, 0.6) is 11.5 Å². The second-order valence-electron chi connectivity index (χ2n) is 4.72. The minimum atomic E-state index is -1.12. The van der Waals surface area contributed by atoms with Crippen LogP contribution in [0.4, 0.5) is 8.78 Å². The fourth-order valence-electron chi connectivity index (χ4n) is 2.82. The quantitative estimate of drug-likeness (QED) is 0.630. The Hall–Kier alpha value is -1.94. The first kappa shape index (κ1) is 14.5. The molecule has 0 radical (unpaired) electrons. The molecule has 1 aliphatic rings. The van der Waals surface area contributed by atoms with Crippen LogP contribution in [0.3, 0.4) is 0 Å². The monoisotopic (exact) mass is 283 g/mol. The second kappa shape index (κ2) is 5.59. The fourth-order valence-corrected chi connectivity index (χ4v) is 2.82. The van der Waals surface area contributed by atoms with Crippen molar-refractivity contribution in [2.24, 2.45) is 4.99 Å².